The van der Waals surface area contributed by atoms with Crippen molar-refractivity contribution in [2.24, 2.45) is 5.92 Å². The summed E-state index contributed by atoms with van der Waals surface area (Å²) in [6.45, 7) is 5.67. The lowest BCUT2D eigenvalue weighted by molar-refractivity contribution is -0.142. The van der Waals surface area contributed by atoms with Gasteiger partial charge in [0.1, 0.15) is 11.6 Å². The number of aliphatic hydroxyl groups excluding tert-OH is 1. The maximum atomic E-state index is 14.1. The van der Waals surface area contributed by atoms with Gasteiger partial charge in [-0.2, -0.15) is 13.2 Å². The molecular formula is C33H44F4N4O6. The summed E-state index contributed by atoms with van der Waals surface area (Å²) in [6, 6.07) is 8.61. The Bertz CT molecular complexity index is 1340. The van der Waals surface area contributed by atoms with Crippen molar-refractivity contribution in [1.29, 1.82) is 0 Å². The van der Waals surface area contributed by atoms with Crippen LogP contribution in [0.4, 0.5) is 33.7 Å². The second-order valence-electron chi connectivity index (χ2n) is 12.0. The van der Waals surface area contributed by atoms with E-state index in [9.17, 15) is 37.1 Å². The number of carbonyl (C=O) groups excluding carboxylic acids is 3. The third-order valence-corrected chi connectivity index (χ3v) is 7.87. The van der Waals surface area contributed by atoms with Gasteiger partial charge in [-0.05, 0) is 75.6 Å². The first-order valence-electron chi connectivity index (χ1n) is 15.6. The lowest BCUT2D eigenvalue weighted by atomic mass is 10.0. The number of carbonyl (C=O) groups is 3. The summed E-state index contributed by atoms with van der Waals surface area (Å²) in [5, 5.41) is 15.2. The van der Waals surface area contributed by atoms with Gasteiger partial charge >= 0.3 is 12.2 Å². The third-order valence-electron chi connectivity index (χ3n) is 7.87. The van der Waals surface area contributed by atoms with Crippen LogP contribution in [0.5, 0.6) is 5.75 Å². The van der Waals surface area contributed by atoms with Crippen molar-refractivity contribution in [3.05, 3.63) is 53.8 Å². The molecule has 2 aromatic rings. The molecule has 0 saturated heterocycles. The zero-order valence-corrected chi connectivity index (χ0v) is 27.1. The topological polar surface area (TPSA) is 120 Å². The normalized spacial score (nSPS) is 20.3. The van der Waals surface area contributed by atoms with E-state index in [2.05, 4.69) is 10.6 Å². The van der Waals surface area contributed by atoms with Crippen LogP contribution in [0.25, 0.3) is 0 Å². The standard InChI is InChI=1S/C33H44F4N4O6/c1-21-18-41(22(2)20-42)31(44)27-17-26(38-30(43)14-15-33(35,36)37)12-13-28(27)47-23(3)7-5-6-16-46-29(21)19-40(4)32(45)39-25-10-8-24(34)9-11-25/h8-13,17,21-23,29,42H,5-7,14-16,18-20H2,1-4H3,(H,38,43)(H,39,45)/t21-,22+,23+,29+/m0/s1. The predicted molar refractivity (Wildman–Crippen MR) is 169 cm³/mol. The number of urea groups is 1. The lowest BCUT2D eigenvalue weighted by Gasteiger charge is -2.35. The largest absolute Gasteiger partial charge is 0.490 e. The summed E-state index contributed by atoms with van der Waals surface area (Å²) in [5.74, 6) is -1.91. The van der Waals surface area contributed by atoms with E-state index in [4.69, 9.17) is 9.47 Å². The molecule has 3 rings (SSSR count). The number of anilines is 2. The van der Waals surface area contributed by atoms with Crippen LogP contribution in [-0.2, 0) is 9.53 Å². The first-order chi connectivity index (χ1) is 22.2. The fourth-order valence-electron chi connectivity index (χ4n) is 5.05. The van der Waals surface area contributed by atoms with Crippen LogP contribution < -0.4 is 15.4 Å². The minimum atomic E-state index is -4.49. The van der Waals surface area contributed by atoms with Crippen molar-refractivity contribution >= 4 is 29.2 Å². The Balaban J connectivity index is 1.87. The van der Waals surface area contributed by atoms with Crippen LogP contribution in [-0.4, -0.2) is 90.5 Å². The van der Waals surface area contributed by atoms with Crippen LogP contribution in [0, 0.1) is 11.7 Å². The Labute approximate surface area is 272 Å². The molecule has 1 aliphatic heterocycles. The molecule has 0 saturated carbocycles. The molecule has 260 valence electrons. The second-order valence-corrected chi connectivity index (χ2v) is 12.0. The van der Waals surface area contributed by atoms with Crippen LogP contribution in [0.1, 0.15) is 63.2 Å². The minimum absolute atomic E-state index is 0.0725. The number of ether oxygens (including phenoxy) is 2. The molecule has 0 aliphatic carbocycles. The molecule has 4 atom stereocenters. The minimum Gasteiger partial charge on any atom is -0.490 e. The number of hydrogen-bond donors (Lipinski definition) is 3. The molecule has 0 spiro atoms. The Morgan fingerprint density at radius 3 is 2.43 bits per heavy atom. The summed E-state index contributed by atoms with van der Waals surface area (Å²) in [4.78, 5) is 42.2. The zero-order valence-electron chi connectivity index (χ0n) is 27.1. The first kappa shape index (κ1) is 37.5. The molecule has 1 heterocycles. The number of nitrogens with zero attached hydrogens (tertiary/aromatic N) is 2. The van der Waals surface area contributed by atoms with Crippen molar-refractivity contribution < 1.29 is 46.5 Å². The highest BCUT2D eigenvalue weighted by molar-refractivity contribution is 5.99. The van der Waals surface area contributed by atoms with Gasteiger partial charge in [-0.15, -0.1) is 0 Å². The SMILES string of the molecule is C[C@@H]1CCCCO[C@H](CN(C)C(=O)Nc2ccc(F)cc2)[C@@H](C)CN([C@H](C)CO)C(=O)c2cc(NC(=O)CCC(F)(F)F)ccc2O1. The highest BCUT2D eigenvalue weighted by Crippen LogP contribution is 2.29. The average molecular weight is 669 g/mol. The quantitative estimate of drug-likeness (QED) is 0.294. The highest BCUT2D eigenvalue weighted by Gasteiger charge is 2.31. The predicted octanol–water partition coefficient (Wildman–Crippen LogP) is 6.07. The number of alkyl halides is 3. The van der Waals surface area contributed by atoms with E-state index in [0.717, 1.165) is 6.42 Å². The number of nitrogens with one attached hydrogen (secondary N) is 2. The van der Waals surface area contributed by atoms with Crippen molar-refractivity contribution in [3.8, 4) is 5.75 Å². The molecule has 0 radical (unpaired) electrons. The van der Waals surface area contributed by atoms with Crippen LogP contribution in [0.3, 0.4) is 0 Å². The van der Waals surface area contributed by atoms with Crippen molar-refractivity contribution in [3.63, 3.8) is 0 Å². The lowest BCUT2D eigenvalue weighted by Crippen LogP contribution is -2.48. The molecule has 14 heteroatoms. The third kappa shape index (κ3) is 12.0. The number of likely N-dealkylation sites (N-methyl/N-ethyl adjacent to an activating group) is 1. The van der Waals surface area contributed by atoms with E-state index < -0.39 is 54.8 Å². The van der Waals surface area contributed by atoms with E-state index in [0.29, 0.717) is 25.1 Å². The molecule has 0 fully saturated rings. The number of amides is 4. The number of fused-ring (bicyclic) bond motifs is 1. The maximum Gasteiger partial charge on any atom is 0.389 e. The molecule has 4 amide bonds. The molecule has 47 heavy (non-hydrogen) atoms. The molecule has 10 nitrogen and oxygen atoms in total. The van der Waals surface area contributed by atoms with Crippen molar-refractivity contribution in [2.45, 2.75) is 77.3 Å². The van der Waals surface area contributed by atoms with Gasteiger partial charge in [0.05, 0.1) is 36.8 Å². The summed E-state index contributed by atoms with van der Waals surface area (Å²) < 4.78 is 63.6. The Morgan fingerprint density at radius 2 is 1.77 bits per heavy atom. The molecule has 0 bridgehead atoms. The fourth-order valence-corrected chi connectivity index (χ4v) is 5.05. The van der Waals surface area contributed by atoms with E-state index in [-0.39, 0.29) is 48.7 Å². The van der Waals surface area contributed by atoms with E-state index >= 15 is 0 Å². The number of aliphatic hydroxyl groups is 1. The van der Waals surface area contributed by atoms with Crippen molar-refractivity contribution in [2.75, 3.05) is 44.0 Å². The summed E-state index contributed by atoms with van der Waals surface area (Å²) in [5.41, 5.74) is 0.618. The fraction of sp³-hybridized carbons (Fsp3) is 0.545. The van der Waals surface area contributed by atoms with Gasteiger partial charge in [-0.1, -0.05) is 6.92 Å². The second kappa shape index (κ2) is 17.3. The van der Waals surface area contributed by atoms with Crippen molar-refractivity contribution in [1.82, 2.24) is 9.80 Å². The molecular weight excluding hydrogens is 624 g/mol. The van der Waals surface area contributed by atoms with Gasteiger partial charge in [0, 0.05) is 50.5 Å². The smallest absolute Gasteiger partial charge is 0.389 e. The average Bonchev–Trinajstić information content (AvgIpc) is 3.02. The van der Waals surface area contributed by atoms with Gasteiger partial charge in [-0.25, -0.2) is 9.18 Å². The van der Waals surface area contributed by atoms with Gasteiger partial charge < -0.3 is 35.0 Å². The molecule has 0 aromatic heterocycles. The molecule has 2 aromatic carbocycles. The van der Waals surface area contributed by atoms with Gasteiger partial charge in [0.2, 0.25) is 5.91 Å². The Morgan fingerprint density at radius 1 is 1.09 bits per heavy atom. The number of hydrogen-bond acceptors (Lipinski definition) is 6. The summed E-state index contributed by atoms with van der Waals surface area (Å²) >= 11 is 0. The van der Waals surface area contributed by atoms with Crippen LogP contribution in [0.2, 0.25) is 0 Å². The Kier molecular flexibility index (Phi) is 13.8. The van der Waals surface area contributed by atoms with Crippen LogP contribution in [0.15, 0.2) is 42.5 Å². The maximum absolute atomic E-state index is 14.1. The summed E-state index contributed by atoms with van der Waals surface area (Å²) in [6.07, 6.45) is -5.30. The summed E-state index contributed by atoms with van der Waals surface area (Å²) in [7, 11) is 1.60. The number of rotatable bonds is 8. The highest BCUT2D eigenvalue weighted by atomic mass is 19.4. The van der Waals surface area contributed by atoms with Gasteiger partial charge in [0.25, 0.3) is 5.91 Å². The molecule has 0 unspecified atom stereocenters. The van der Waals surface area contributed by atoms with Gasteiger partial charge in [-0.3, -0.25) is 9.59 Å². The zero-order chi connectivity index (χ0) is 34.7. The van der Waals surface area contributed by atoms with E-state index in [1.807, 2.05) is 13.8 Å². The van der Waals surface area contributed by atoms with Gasteiger partial charge in [0.15, 0.2) is 0 Å². The Hall–Kier alpha value is -3.91. The number of benzene rings is 2. The van der Waals surface area contributed by atoms with E-state index in [1.165, 1.54) is 52.3 Å². The molecule has 1 aliphatic rings. The van der Waals surface area contributed by atoms with Crippen LogP contribution >= 0.6 is 0 Å². The monoisotopic (exact) mass is 668 g/mol. The molecule has 3 N–H and O–H groups in total. The van der Waals surface area contributed by atoms with E-state index in [1.54, 1.807) is 14.0 Å². The first-order valence-corrected chi connectivity index (χ1v) is 15.6. The number of halogens is 4.